The van der Waals surface area contributed by atoms with E-state index in [0.29, 0.717) is 13.2 Å². The van der Waals surface area contributed by atoms with Gasteiger partial charge in [0.25, 0.3) is 0 Å². The van der Waals surface area contributed by atoms with Gasteiger partial charge in [-0.25, -0.2) is 0 Å². The van der Waals surface area contributed by atoms with Gasteiger partial charge in [0.15, 0.2) is 0 Å². The summed E-state index contributed by atoms with van der Waals surface area (Å²) >= 11 is 0. The molecule has 0 heterocycles. The molecule has 0 unspecified atom stereocenters. The summed E-state index contributed by atoms with van der Waals surface area (Å²) in [5, 5.41) is 0. The number of hydrogen-bond acceptors (Lipinski definition) is 3. The van der Waals surface area contributed by atoms with Gasteiger partial charge in [0.1, 0.15) is 5.78 Å². The monoisotopic (exact) mass is 187 g/mol. The predicted octanol–water partition coefficient (Wildman–Crippen LogP) is 0.460. The van der Waals surface area contributed by atoms with Crippen molar-refractivity contribution < 1.29 is 14.3 Å². The Kier molecular flexibility index (Phi) is 6.14. The van der Waals surface area contributed by atoms with E-state index in [2.05, 4.69) is 0 Å². The third-order valence-corrected chi connectivity index (χ3v) is 1.67. The highest BCUT2D eigenvalue weighted by atomic mass is 16.5. The number of carbonyl (C=O) groups excluding carboxylic acids is 2. The Morgan fingerprint density at radius 3 is 2.46 bits per heavy atom. The largest absolute Gasteiger partial charge is 0.385 e. The summed E-state index contributed by atoms with van der Waals surface area (Å²) in [4.78, 5) is 23.4. The van der Waals surface area contributed by atoms with E-state index in [1.165, 1.54) is 6.92 Å². The van der Waals surface area contributed by atoms with Crippen LogP contribution in [0.3, 0.4) is 0 Å². The van der Waals surface area contributed by atoms with Gasteiger partial charge in [-0.1, -0.05) is 0 Å². The van der Waals surface area contributed by atoms with E-state index in [1.807, 2.05) is 0 Å². The van der Waals surface area contributed by atoms with Crippen LogP contribution >= 0.6 is 0 Å². The molecular formula is C9H17NO3. The van der Waals surface area contributed by atoms with E-state index in [1.54, 1.807) is 19.1 Å². The molecule has 0 saturated carbocycles. The van der Waals surface area contributed by atoms with Crippen LogP contribution in [0.2, 0.25) is 0 Å². The Morgan fingerprint density at radius 1 is 1.38 bits per heavy atom. The molecule has 0 radical (unpaired) electrons. The second-order valence-electron chi connectivity index (χ2n) is 3.04. The van der Waals surface area contributed by atoms with Gasteiger partial charge >= 0.3 is 0 Å². The summed E-state index contributed by atoms with van der Waals surface area (Å²) in [6.45, 7) is 2.69. The van der Waals surface area contributed by atoms with Gasteiger partial charge < -0.3 is 9.64 Å². The highest BCUT2D eigenvalue weighted by molar-refractivity contribution is 5.96. The first-order valence-corrected chi connectivity index (χ1v) is 4.30. The lowest BCUT2D eigenvalue weighted by Crippen LogP contribution is -2.29. The third-order valence-electron chi connectivity index (χ3n) is 1.67. The molecule has 0 aromatic carbocycles. The maximum absolute atomic E-state index is 11.2. The summed E-state index contributed by atoms with van der Waals surface area (Å²) in [7, 11) is 3.32. The normalized spacial score (nSPS) is 9.77. The molecule has 0 spiro atoms. The first-order valence-electron chi connectivity index (χ1n) is 4.30. The average Bonchev–Trinajstić information content (AvgIpc) is 2.03. The Balaban J connectivity index is 3.63. The molecule has 0 aliphatic rings. The van der Waals surface area contributed by atoms with Crippen LogP contribution in [0, 0.1) is 0 Å². The fourth-order valence-electron chi connectivity index (χ4n) is 0.919. The minimum atomic E-state index is -0.122. The average molecular weight is 187 g/mol. The number of Topliss-reactive ketones (excluding diaryl/α,β-unsaturated/α-hetero) is 1. The highest BCUT2D eigenvalue weighted by Gasteiger charge is 2.09. The van der Waals surface area contributed by atoms with Crippen LogP contribution in [0.5, 0.6) is 0 Å². The number of ketones is 1. The summed E-state index contributed by atoms with van der Waals surface area (Å²) in [6, 6.07) is 0. The quantitative estimate of drug-likeness (QED) is 0.448. The van der Waals surface area contributed by atoms with Gasteiger partial charge in [0, 0.05) is 27.3 Å². The zero-order valence-electron chi connectivity index (χ0n) is 8.50. The van der Waals surface area contributed by atoms with E-state index < -0.39 is 0 Å². The minimum Gasteiger partial charge on any atom is -0.385 e. The topological polar surface area (TPSA) is 46.6 Å². The molecule has 0 saturated heterocycles. The summed E-state index contributed by atoms with van der Waals surface area (Å²) in [5.41, 5.74) is 0. The second-order valence-corrected chi connectivity index (χ2v) is 3.04. The molecule has 0 aromatic heterocycles. The standard InChI is InChI=1S/C9H17NO3/c1-8(11)7-9(12)10(2)5-4-6-13-3/h4-7H2,1-3H3. The van der Waals surface area contributed by atoms with E-state index in [0.717, 1.165) is 6.42 Å². The molecule has 0 aromatic rings. The number of hydrogen-bond donors (Lipinski definition) is 0. The van der Waals surface area contributed by atoms with Crippen molar-refractivity contribution in [1.29, 1.82) is 0 Å². The van der Waals surface area contributed by atoms with Crippen molar-refractivity contribution in [3.63, 3.8) is 0 Å². The van der Waals surface area contributed by atoms with Crippen LogP contribution in [0.25, 0.3) is 0 Å². The molecule has 0 aliphatic carbocycles. The molecule has 0 fully saturated rings. The third kappa shape index (κ3) is 6.28. The predicted molar refractivity (Wildman–Crippen MR) is 49.4 cm³/mol. The Bertz CT molecular complexity index is 180. The number of rotatable bonds is 6. The first kappa shape index (κ1) is 12.1. The van der Waals surface area contributed by atoms with Gasteiger partial charge in [-0.15, -0.1) is 0 Å². The fraction of sp³-hybridized carbons (Fsp3) is 0.778. The minimum absolute atomic E-state index is 0.00345. The van der Waals surface area contributed by atoms with Gasteiger partial charge in [0.05, 0.1) is 6.42 Å². The van der Waals surface area contributed by atoms with Crippen molar-refractivity contribution >= 4 is 11.7 Å². The maximum Gasteiger partial charge on any atom is 0.229 e. The van der Waals surface area contributed by atoms with Crippen LogP contribution in [0.1, 0.15) is 19.8 Å². The van der Waals surface area contributed by atoms with Crippen LogP contribution in [0.4, 0.5) is 0 Å². The molecule has 1 amide bonds. The number of ether oxygens (including phenoxy) is 1. The van der Waals surface area contributed by atoms with Crippen molar-refractivity contribution in [2.75, 3.05) is 27.3 Å². The molecule has 0 N–H and O–H groups in total. The van der Waals surface area contributed by atoms with E-state index in [-0.39, 0.29) is 18.1 Å². The smallest absolute Gasteiger partial charge is 0.229 e. The van der Waals surface area contributed by atoms with Gasteiger partial charge in [-0.2, -0.15) is 0 Å². The van der Waals surface area contributed by atoms with Crippen molar-refractivity contribution in [1.82, 2.24) is 4.90 Å². The molecule has 4 heteroatoms. The molecule has 0 rings (SSSR count). The molecule has 0 atom stereocenters. The van der Waals surface area contributed by atoms with Crippen molar-refractivity contribution in [3.05, 3.63) is 0 Å². The Morgan fingerprint density at radius 2 is 2.00 bits per heavy atom. The van der Waals surface area contributed by atoms with Gasteiger partial charge in [-0.05, 0) is 13.3 Å². The van der Waals surface area contributed by atoms with Gasteiger partial charge in [0.2, 0.25) is 5.91 Å². The molecule has 0 aliphatic heterocycles. The lowest BCUT2D eigenvalue weighted by Gasteiger charge is -2.15. The summed E-state index contributed by atoms with van der Waals surface area (Å²) < 4.78 is 4.85. The number of carbonyl (C=O) groups is 2. The molecule has 13 heavy (non-hydrogen) atoms. The molecule has 76 valence electrons. The number of methoxy groups -OCH3 is 1. The lowest BCUT2D eigenvalue weighted by molar-refractivity contribution is -0.133. The van der Waals surface area contributed by atoms with Crippen LogP contribution in [0.15, 0.2) is 0 Å². The van der Waals surface area contributed by atoms with E-state index in [9.17, 15) is 9.59 Å². The second kappa shape index (κ2) is 6.60. The fourth-order valence-corrected chi connectivity index (χ4v) is 0.919. The first-order chi connectivity index (χ1) is 6.07. The lowest BCUT2D eigenvalue weighted by atomic mass is 10.3. The maximum atomic E-state index is 11.2. The summed E-state index contributed by atoms with van der Waals surface area (Å²) in [5.74, 6) is -0.216. The zero-order valence-corrected chi connectivity index (χ0v) is 8.50. The number of amides is 1. The van der Waals surface area contributed by atoms with E-state index in [4.69, 9.17) is 4.74 Å². The Hall–Kier alpha value is -0.900. The van der Waals surface area contributed by atoms with Crippen molar-refractivity contribution in [2.45, 2.75) is 19.8 Å². The van der Waals surface area contributed by atoms with Crippen LogP contribution in [-0.2, 0) is 14.3 Å². The van der Waals surface area contributed by atoms with Gasteiger partial charge in [-0.3, -0.25) is 9.59 Å². The van der Waals surface area contributed by atoms with Crippen molar-refractivity contribution in [2.24, 2.45) is 0 Å². The number of nitrogens with zero attached hydrogens (tertiary/aromatic N) is 1. The van der Waals surface area contributed by atoms with Crippen LogP contribution < -0.4 is 0 Å². The van der Waals surface area contributed by atoms with E-state index >= 15 is 0 Å². The SMILES string of the molecule is COCCCN(C)C(=O)CC(C)=O. The van der Waals surface area contributed by atoms with Crippen LogP contribution in [-0.4, -0.2) is 43.9 Å². The molecular weight excluding hydrogens is 170 g/mol. The molecule has 4 nitrogen and oxygen atoms in total. The van der Waals surface area contributed by atoms with Crippen molar-refractivity contribution in [3.8, 4) is 0 Å². The molecule has 0 bridgehead atoms. The Labute approximate surface area is 78.9 Å². The summed E-state index contributed by atoms with van der Waals surface area (Å²) in [6.07, 6.45) is 0.806. The highest BCUT2D eigenvalue weighted by Crippen LogP contribution is 1.94. The zero-order chi connectivity index (χ0) is 10.3.